The highest BCUT2D eigenvalue weighted by Crippen LogP contribution is 2.26. The van der Waals surface area contributed by atoms with Gasteiger partial charge in [0.2, 0.25) is 10.0 Å². The first kappa shape index (κ1) is 15.7. The molecule has 7 heteroatoms. The van der Waals surface area contributed by atoms with Crippen LogP contribution in [0.5, 0.6) is 0 Å². The molecule has 0 aromatic heterocycles. The lowest BCUT2D eigenvalue weighted by Gasteiger charge is -2.26. The summed E-state index contributed by atoms with van der Waals surface area (Å²) in [4.78, 5) is -0.0771. The van der Waals surface area contributed by atoms with E-state index < -0.39 is 10.0 Å². The van der Waals surface area contributed by atoms with Gasteiger partial charge in [0.05, 0.1) is 17.0 Å². The average Bonchev–Trinajstić information content (AvgIpc) is 2.26. The number of nitrogens with one attached hydrogen (secondary N) is 1. The highest BCUT2D eigenvalue weighted by atomic mass is 32.2. The zero-order valence-electron chi connectivity index (χ0n) is 11.4. The predicted molar refractivity (Wildman–Crippen MR) is 76.4 cm³/mol. The van der Waals surface area contributed by atoms with Crippen molar-refractivity contribution >= 4 is 21.4 Å². The first-order valence-corrected chi connectivity index (χ1v) is 7.51. The lowest BCUT2D eigenvalue weighted by atomic mass is 10.1. The lowest BCUT2D eigenvalue weighted by molar-refractivity contribution is 0.000708. The molecule has 6 nitrogen and oxygen atoms in total. The number of hydrogen-bond acceptors (Lipinski definition) is 5. The highest BCUT2D eigenvalue weighted by Gasteiger charge is 2.19. The van der Waals surface area contributed by atoms with Crippen molar-refractivity contribution < 1.29 is 13.2 Å². The molecule has 0 aliphatic rings. The summed E-state index contributed by atoms with van der Waals surface area (Å²) >= 11 is 0. The molecule has 0 heterocycles. The Hall–Kier alpha value is -1.31. The molecular formula is C12H21N3O3S. The zero-order valence-corrected chi connectivity index (χ0v) is 12.3. The van der Waals surface area contributed by atoms with Crippen molar-refractivity contribution in [1.29, 1.82) is 0 Å². The average molecular weight is 287 g/mol. The highest BCUT2D eigenvalue weighted by molar-refractivity contribution is 7.89. The Bertz CT molecular complexity index is 541. The third kappa shape index (κ3) is 4.38. The van der Waals surface area contributed by atoms with E-state index in [-0.39, 0.29) is 16.2 Å². The number of benzene rings is 1. The van der Waals surface area contributed by atoms with Gasteiger partial charge in [-0.1, -0.05) is 6.07 Å². The van der Waals surface area contributed by atoms with Crippen LogP contribution in [0.1, 0.15) is 20.8 Å². The number of primary sulfonamides is 1. The zero-order chi connectivity index (χ0) is 14.7. The molecule has 0 atom stereocenters. The maximum atomic E-state index is 11.4. The second-order valence-corrected chi connectivity index (χ2v) is 6.34. The Labute approximate surface area is 114 Å². The molecule has 0 unspecified atom stereocenters. The quantitative estimate of drug-likeness (QED) is 0.680. The first-order valence-electron chi connectivity index (χ1n) is 5.96. The van der Waals surface area contributed by atoms with Crippen LogP contribution in [0.3, 0.4) is 0 Å². The van der Waals surface area contributed by atoms with Crippen LogP contribution in [0.2, 0.25) is 0 Å². The Morgan fingerprint density at radius 2 is 2.00 bits per heavy atom. The van der Waals surface area contributed by atoms with Crippen LogP contribution in [0.25, 0.3) is 0 Å². The van der Waals surface area contributed by atoms with Gasteiger partial charge in [-0.05, 0) is 32.9 Å². The van der Waals surface area contributed by atoms with E-state index in [0.717, 1.165) is 0 Å². The topological polar surface area (TPSA) is 107 Å². The van der Waals surface area contributed by atoms with Gasteiger partial charge in [0.15, 0.2) is 0 Å². The number of rotatable bonds is 6. The minimum absolute atomic E-state index is 0.0771. The third-order valence-electron chi connectivity index (χ3n) is 2.61. The Balaban J connectivity index is 2.92. The number of nitrogen functional groups attached to an aromatic ring is 1. The predicted octanol–water partition coefficient (Wildman–Crippen LogP) is 1.14. The molecule has 5 N–H and O–H groups in total. The van der Waals surface area contributed by atoms with E-state index >= 15 is 0 Å². The SMILES string of the molecule is CCOC(C)(C)CNc1cccc(S(N)(=O)=O)c1N. The number of para-hydroxylation sites is 1. The summed E-state index contributed by atoms with van der Waals surface area (Å²) in [6.07, 6.45) is 0. The van der Waals surface area contributed by atoms with Crippen molar-refractivity contribution in [2.45, 2.75) is 31.3 Å². The summed E-state index contributed by atoms with van der Waals surface area (Å²) in [5.74, 6) is 0. The monoisotopic (exact) mass is 287 g/mol. The van der Waals surface area contributed by atoms with Gasteiger partial charge in [0, 0.05) is 13.2 Å². The van der Waals surface area contributed by atoms with Crippen molar-refractivity contribution in [3.63, 3.8) is 0 Å². The largest absolute Gasteiger partial charge is 0.396 e. The van der Waals surface area contributed by atoms with Crippen LogP contribution in [0.15, 0.2) is 23.1 Å². The van der Waals surface area contributed by atoms with Crippen molar-refractivity contribution in [1.82, 2.24) is 0 Å². The van der Waals surface area contributed by atoms with E-state index in [1.165, 1.54) is 6.07 Å². The molecule has 0 fully saturated rings. The third-order valence-corrected chi connectivity index (χ3v) is 3.58. The van der Waals surface area contributed by atoms with Gasteiger partial charge in [-0.15, -0.1) is 0 Å². The summed E-state index contributed by atoms with van der Waals surface area (Å²) in [6, 6.07) is 4.67. The van der Waals surface area contributed by atoms with E-state index in [1.807, 2.05) is 20.8 Å². The summed E-state index contributed by atoms with van der Waals surface area (Å²) in [6.45, 7) is 6.88. The molecule has 0 aliphatic carbocycles. The van der Waals surface area contributed by atoms with Crippen molar-refractivity contribution in [2.75, 3.05) is 24.2 Å². The maximum absolute atomic E-state index is 11.4. The van der Waals surface area contributed by atoms with Gasteiger partial charge in [-0.25, -0.2) is 13.6 Å². The second kappa shape index (κ2) is 5.77. The van der Waals surface area contributed by atoms with Crippen LogP contribution in [0.4, 0.5) is 11.4 Å². The number of hydrogen-bond donors (Lipinski definition) is 3. The van der Waals surface area contributed by atoms with E-state index in [2.05, 4.69) is 5.32 Å². The van der Waals surface area contributed by atoms with E-state index in [0.29, 0.717) is 18.8 Å². The molecule has 0 saturated heterocycles. The molecule has 0 spiro atoms. The van der Waals surface area contributed by atoms with Gasteiger partial charge < -0.3 is 15.8 Å². The number of anilines is 2. The molecule has 1 rings (SSSR count). The van der Waals surface area contributed by atoms with Crippen molar-refractivity contribution in [3.8, 4) is 0 Å². The van der Waals surface area contributed by atoms with Crippen LogP contribution in [-0.2, 0) is 14.8 Å². The molecule has 0 bridgehead atoms. The van der Waals surface area contributed by atoms with Gasteiger partial charge >= 0.3 is 0 Å². The number of sulfonamides is 1. The molecule has 0 saturated carbocycles. The van der Waals surface area contributed by atoms with E-state index in [4.69, 9.17) is 15.6 Å². The fourth-order valence-corrected chi connectivity index (χ4v) is 2.38. The van der Waals surface area contributed by atoms with E-state index in [9.17, 15) is 8.42 Å². The minimum Gasteiger partial charge on any atom is -0.396 e. The standard InChI is InChI=1S/C12H21N3O3S/c1-4-18-12(2,3)8-15-9-6-5-7-10(11(9)13)19(14,16)17/h5-7,15H,4,8,13H2,1-3H3,(H2,14,16,17). The smallest absolute Gasteiger partial charge is 0.240 e. The molecule has 0 amide bonds. The van der Waals surface area contributed by atoms with Crippen LogP contribution in [-0.4, -0.2) is 27.2 Å². The summed E-state index contributed by atoms with van der Waals surface area (Å²) in [7, 11) is -3.82. The number of nitrogens with two attached hydrogens (primary N) is 2. The van der Waals surface area contributed by atoms with Gasteiger partial charge in [-0.3, -0.25) is 0 Å². The maximum Gasteiger partial charge on any atom is 0.240 e. The minimum atomic E-state index is -3.82. The molecule has 108 valence electrons. The van der Waals surface area contributed by atoms with Gasteiger partial charge in [0.25, 0.3) is 0 Å². The molecule has 1 aromatic carbocycles. The summed E-state index contributed by atoms with van der Waals surface area (Å²) < 4.78 is 28.3. The molecule has 1 aromatic rings. The summed E-state index contributed by atoms with van der Waals surface area (Å²) in [5.41, 5.74) is 6.08. The van der Waals surface area contributed by atoms with Crippen LogP contribution in [0, 0.1) is 0 Å². The Morgan fingerprint density at radius 3 is 2.53 bits per heavy atom. The molecule has 19 heavy (non-hydrogen) atoms. The molecular weight excluding hydrogens is 266 g/mol. The summed E-state index contributed by atoms with van der Waals surface area (Å²) in [5, 5.41) is 8.18. The number of ether oxygens (including phenoxy) is 1. The lowest BCUT2D eigenvalue weighted by Crippen LogP contribution is -2.33. The van der Waals surface area contributed by atoms with Gasteiger partial charge in [-0.2, -0.15) is 0 Å². The normalized spacial score (nSPS) is 12.4. The van der Waals surface area contributed by atoms with Gasteiger partial charge in [0.1, 0.15) is 4.90 Å². The van der Waals surface area contributed by atoms with Crippen molar-refractivity contribution in [3.05, 3.63) is 18.2 Å². The fourth-order valence-electron chi connectivity index (χ4n) is 1.70. The molecule has 0 radical (unpaired) electrons. The first-order chi connectivity index (χ1) is 8.67. The second-order valence-electron chi connectivity index (χ2n) is 4.81. The Kier molecular flexibility index (Phi) is 4.78. The molecule has 0 aliphatic heterocycles. The fraction of sp³-hybridized carbons (Fsp3) is 0.500. The van der Waals surface area contributed by atoms with Crippen molar-refractivity contribution in [2.24, 2.45) is 5.14 Å². The Morgan fingerprint density at radius 1 is 1.37 bits per heavy atom. The van der Waals surface area contributed by atoms with Crippen LogP contribution < -0.4 is 16.2 Å². The van der Waals surface area contributed by atoms with Crippen LogP contribution >= 0.6 is 0 Å². The van der Waals surface area contributed by atoms with E-state index in [1.54, 1.807) is 12.1 Å².